The Kier molecular flexibility index (Phi) is 7.17. The summed E-state index contributed by atoms with van der Waals surface area (Å²) in [6.45, 7) is 2.08. The average molecular weight is 619 g/mol. The van der Waals surface area contributed by atoms with Gasteiger partial charge in [-0.25, -0.2) is 4.98 Å². The van der Waals surface area contributed by atoms with Crippen LogP contribution in [0.1, 0.15) is 30.2 Å². The Balaban J connectivity index is 1.34. The van der Waals surface area contributed by atoms with Crippen molar-refractivity contribution in [1.82, 2.24) is 15.0 Å². The van der Waals surface area contributed by atoms with Gasteiger partial charge in [-0.2, -0.15) is 8.42 Å². The maximum atomic E-state index is 12.9. The van der Waals surface area contributed by atoms with Gasteiger partial charge in [0.2, 0.25) is 5.16 Å². The smallest absolute Gasteiger partial charge is 0.405 e. The topological polar surface area (TPSA) is 99.9 Å². The van der Waals surface area contributed by atoms with Gasteiger partial charge < -0.3 is 14.7 Å². The zero-order valence-corrected chi connectivity index (χ0v) is 22.8. The summed E-state index contributed by atoms with van der Waals surface area (Å²) in [6, 6.07) is 13.4. The van der Waals surface area contributed by atoms with Crippen molar-refractivity contribution in [2.24, 2.45) is 0 Å². The zero-order chi connectivity index (χ0) is 27.8. The molecule has 3 N–H and O–H groups in total. The molecule has 0 amide bonds. The molecule has 0 radical (unpaired) electrons. The first-order valence-electron chi connectivity index (χ1n) is 11.9. The Morgan fingerprint density at radius 1 is 1.08 bits per heavy atom. The quantitative estimate of drug-likeness (QED) is 0.166. The van der Waals surface area contributed by atoms with Gasteiger partial charge in [-0.15, -0.1) is 13.2 Å². The van der Waals surface area contributed by atoms with Crippen molar-refractivity contribution < 1.29 is 26.3 Å². The van der Waals surface area contributed by atoms with E-state index in [0.29, 0.717) is 27.7 Å². The van der Waals surface area contributed by atoms with Gasteiger partial charge >= 0.3 is 6.36 Å². The Hall–Kier alpha value is -3.77. The van der Waals surface area contributed by atoms with Crippen LogP contribution in [0.25, 0.3) is 33.8 Å². The molecular weight excluding hydrogens is 597 g/mol. The highest BCUT2D eigenvalue weighted by molar-refractivity contribution is 9.10. The second kappa shape index (κ2) is 10.4. The Morgan fingerprint density at radius 2 is 1.90 bits per heavy atom. The van der Waals surface area contributed by atoms with E-state index in [1.807, 2.05) is 12.3 Å². The minimum atomic E-state index is -4.81. The van der Waals surface area contributed by atoms with Crippen molar-refractivity contribution in [3.8, 4) is 5.75 Å². The summed E-state index contributed by atoms with van der Waals surface area (Å²) in [4.78, 5) is 9.98. The van der Waals surface area contributed by atoms with E-state index >= 15 is 0 Å². The van der Waals surface area contributed by atoms with Gasteiger partial charge in [-0.1, -0.05) is 31.6 Å². The summed E-state index contributed by atoms with van der Waals surface area (Å²) < 4.78 is 70.8. The highest BCUT2D eigenvalue weighted by Gasteiger charge is 2.32. The summed E-state index contributed by atoms with van der Waals surface area (Å²) in [5, 5.41) is 1.97. The van der Waals surface area contributed by atoms with Crippen LogP contribution in [0.15, 0.2) is 70.6 Å². The lowest BCUT2D eigenvalue weighted by Crippen LogP contribution is -2.17. The van der Waals surface area contributed by atoms with Gasteiger partial charge in [0.1, 0.15) is 5.75 Å². The zero-order valence-electron chi connectivity index (χ0n) is 20.4. The van der Waals surface area contributed by atoms with E-state index in [2.05, 4.69) is 47.3 Å². The molecule has 0 saturated carbocycles. The highest BCUT2D eigenvalue weighted by atomic mass is 79.9. The molecule has 0 atom stereocenters. The molecule has 5 aromatic rings. The van der Waals surface area contributed by atoms with Crippen LogP contribution in [0.2, 0.25) is 0 Å². The van der Waals surface area contributed by atoms with Gasteiger partial charge in [0.25, 0.3) is 10.0 Å². The molecule has 3 aromatic carbocycles. The van der Waals surface area contributed by atoms with Crippen LogP contribution in [-0.2, 0) is 16.4 Å². The van der Waals surface area contributed by atoms with Crippen LogP contribution in [0.3, 0.4) is 0 Å². The number of aromatic amines is 2. The van der Waals surface area contributed by atoms with Gasteiger partial charge in [-0.3, -0.25) is 4.72 Å². The van der Waals surface area contributed by atoms with Crippen LogP contribution in [0, 0.1) is 0 Å². The third kappa shape index (κ3) is 6.12. The number of nitrogens with zero attached hydrogens (tertiary/aromatic N) is 1. The number of halogens is 4. The number of alkyl halides is 3. The van der Waals surface area contributed by atoms with Crippen molar-refractivity contribution in [1.29, 1.82) is 0 Å². The van der Waals surface area contributed by atoms with E-state index in [1.165, 1.54) is 12.3 Å². The number of ether oxygens (including phenoxy) is 1. The molecule has 0 fully saturated rings. The van der Waals surface area contributed by atoms with E-state index in [4.69, 9.17) is 0 Å². The van der Waals surface area contributed by atoms with Gasteiger partial charge in [-0.05, 0) is 86.7 Å². The predicted octanol–water partition coefficient (Wildman–Crippen LogP) is 7.63. The fraction of sp³-hybridized carbons (Fsp3) is 0.148. The van der Waals surface area contributed by atoms with Crippen molar-refractivity contribution >= 4 is 65.5 Å². The fourth-order valence-electron chi connectivity index (χ4n) is 4.22. The lowest BCUT2D eigenvalue weighted by Gasteiger charge is -2.11. The number of benzene rings is 3. The number of H-pyrrole nitrogens is 2. The standard InChI is InChI=1S/C27H22BrF3N4O3S/c1-2-3-18-14-32-24-9-8-20(13-22(18)24)35-39(36,37)26-33-15-21(34-26)7-5-16-4-6-17-11-23(28)25(12-19(17)10-16)38-27(29,30)31/h4-15,32,35H,2-3H2,1H3,(H,33,34)/b7-5+. The second-order valence-corrected chi connectivity index (χ2v) is 11.3. The molecular formula is C27H22BrF3N4O3S. The lowest BCUT2D eigenvalue weighted by atomic mass is 10.1. The van der Waals surface area contributed by atoms with E-state index < -0.39 is 16.4 Å². The Labute approximate surface area is 230 Å². The SMILES string of the molecule is CCCc1c[nH]c2ccc(NS(=O)(=O)c3ncc(/C=C/c4ccc5cc(Br)c(OC(F)(F)F)cc5c4)[nH]3)cc12. The highest BCUT2D eigenvalue weighted by Crippen LogP contribution is 2.34. The number of nitrogens with one attached hydrogen (secondary N) is 3. The third-order valence-corrected chi connectivity index (χ3v) is 7.80. The minimum Gasteiger partial charge on any atom is -0.405 e. The number of hydrogen-bond donors (Lipinski definition) is 3. The van der Waals surface area contributed by atoms with Gasteiger partial charge in [0.05, 0.1) is 16.4 Å². The summed E-state index contributed by atoms with van der Waals surface area (Å²) in [6.07, 6.45) is 3.67. The van der Waals surface area contributed by atoms with E-state index in [-0.39, 0.29) is 15.4 Å². The lowest BCUT2D eigenvalue weighted by molar-refractivity contribution is -0.274. The maximum Gasteiger partial charge on any atom is 0.573 e. The number of aromatic nitrogens is 3. The molecule has 0 saturated heterocycles. The molecule has 202 valence electrons. The second-order valence-electron chi connectivity index (χ2n) is 8.84. The van der Waals surface area contributed by atoms with E-state index in [9.17, 15) is 21.6 Å². The molecule has 7 nitrogen and oxygen atoms in total. The number of imidazole rings is 1. The number of rotatable bonds is 8. The van der Waals surface area contributed by atoms with Gasteiger partial charge in [0.15, 0.2) is 0 Å². The summed E-state index contributed by atoms with van der Waals surface area (Å²) in [7, 11) is -3.98. The third-order valence-electron chi connectivity index (χ3n) is 5.96. The largest absolute Gasteiger partial charge is 0.573 e. The molecule has 0 spiro atoms. The van der Waals surface area contributed by atoms with Crippen LogP contribution in [0.4, 0.5) is 18.9 Å². The molecule has 0 aliphatic heterocycles. The molecule has 2 aromatic heterocycles. The van der Waals surface area contributed by atoms with Crippen molar-refractivity contribution in [3.63, 3.8) is 0 Å². The van der Waals surface area contributed by atoms with Gasteiger partial charge in [0, 0.05) is 22.8 Å². The molecule has 12 heteroatoms. The van der Waals surface area contributed by atoms with Crippen LogP contribution in [-0.4, -0.2) is 29.7 Å². The number of anilines is 1. The minimum absolute atomic E-state index is 0.185. The summed E-state index contributed by atoms with van der Waals surface area (Å²) >= 11 is 3.10. The molecule has 0 bridgehead atoms. The molecule has 0 aliphatic rings. The summed E-state index contributed by atoms with van der Waals surface area (Å²) in [5.74, 6) is -0.343. The first kappa shape index (κ1) is 26.8. The van der Waals surface area contributed by atoms with Crippen molar-refractivity contribution in [3.05, 3.63) is 82.2 Å². The maximum absolute atomic E-state index is 12.9. The Morgan fingerprint density at radius 3 is 2.67 bits per heavy atom. The predicted molar refractivity (Wildman–Crippen MR) is 149 cm³/mol. The molecule has 0 unspecified atom stereocenters. The van der Waals surface area contributed by atoms with Crippen molar-refractivity contribution in [2.45, 2.75) is 31.3 Å². The number of sulfonamides is 1. The van der Waals surface area contributed by atoms with Crippen LogP contribution < -0.4 is 9.46 Å². The van der Waals surface area contributed by atoms with Crippen molar-refractivity contribution in [2.75, 3.05) is 4.72 Å². The molecule has 39 heavy (non-hydrogen) atoms. The van der Waals surface area contributed by atoms with Crippen LogP contribution >= 0.6 is 15.9 Å². The number of fused-ring (bicyclic) bond motifs is 2. The van der Waals surface area contributed by atoms with E-state index in [0.717, 1.165) is 29.3 Å². The fourth-order valence-corrected chi connectivity index (χ4v) is 5.64. The summed E-state index contributed by atoms with van der Waals surface area (Å²) in [5.41, 5.74) is 3.58. The van der Waals surface area contributed by atoms with E-state index in [1.54, 1.807) is 48.6 Å². The first-order chi connectivity index (χ1) is 18.5. The average Bonchev–Trinajstić information content (AvgIpc) is 3.50. The molecule has 5 rings (SSSR count). The molecule has 2 heterocycles. The van der Waals surface area contributed by atoms with Crippen LogP contribution in [0.5, 0.6) is 5.75 Å². The Bertz CT molecular complexity index is 1810. The monoisotopic (exact) mass is 618 g/mol. The number of hydrogen-bond acceptors (Lipinski definition) is 4. The first-order valence-corrected chi connectivity index (χ1v) is 14.1. The molecule has 0 aliphatic carbocycles. The number of aryl methyl sites for hydroxylation is 1. The normalized spacial score (nSPS) is 12.5.